The molecule has 1 N–H and O–H groups in total. The Morgan fingerprint density at radius 2 is 2.19 bits per heavy atom. The van der Waals surface area contributed by atoms with Gasteiger partial charge < -0.3 is 10.2 Å². The summed E-state index contributed by atoms with van der Waals surface area (Å²) in [5.74, 6) is -4.69. The standard InChI is InChI=1S/C15H19ClF2N2O/c1-10-9-20(2)7-6-13(10)19-14(21)15(17,18)11-4-3-5-12(16)8-11/h3-5,8,10,13H,6-7,9H2,1-2H3,(H,19,21)/t10-,13-/m1/s1. The van der Waals surface area contributed by atoms with Crippen LogP contribution in [0.25, 0.3) is 0 Å². The van der Waals surface area contributed by atoms with Gasteiger partial charge >= 0.3 is 5.92 Å². The maximum Gasteiger partial charge on any atom is 0.349 e. The fourth-order valence-electron chi connectivity index (χ4n) is 2.64. The van der Waals surface area contributed by atoms with E-state index in [2.05, 4.69) is 10.2 Å². The zero-order chi connectivity index (χ0) is 15.6. The average molecular weight is 317 g/mol. The van der Waals surface area contributed by atoms with Gasteiger partial charge in [0, 0.05) is 23.2 Å². The molecule has 1 fully saturated rings. The van der Waals surface area contributed by atoms with Crippen LogP contribution in [0.3, 0.4) is 0 Å². The van der Waals surface area contributed by atoms with Crippen LogP contribution >= 0.6 is 11.6 Å². The van der Waals surface area contributed by atoms with E-state index in [1.165, 1.54) is 18.2 Å². The summed E-state index contributed by atoms with van der Waals surface area (Å²) in [6.45, 7) is 3.53. The molecule has 1 aromatic rings. The van der Waals surface area contributed by atoms with Crippen molar-refractivity contribution in [2.45, 2.75) is 25.3 Å². The van der Waals surface area contributed by atoms with Gasteiger partial charge in [-0.15, -0.1) is 0 Å². The van der Waals surface area contributed by atoms with E-state index in [1.807, 2.05) is 14.0 Å². The van der Waals surface area contributed by atoms with Gasteiger partial charge in [0.15, 0.2) is 0 Å². The third kappa shape index (κ3) is 3.71. The molecule has 2 atom stereocenters. The van der Waals surface area contributed by atoms with E-state index in [-0.39, 0.29) is 22.5 Å². The zero-order valence-corrected chi connectivity index (χ0v) is 12.8. The molecule has 116 valence electrons. The zero-order valence-electron chi connectivity index (χ0n) is 12.1. The Kier molecular flexibility index (Phi) is 4.84. The van der Waals surface area contributed by atoms with Gasteiger partial charge in [-0.05, 0) is 38.1 Å². The quantitative estimate of drug-likeness (QED) is 0.930. The first kappa shape index (κ1) is 16.2. The predicted molar refractivity (Wildman–Crippen MR) is 78.6 cm³/mol. The number of carbonyl (C=O) groups is 1. The third-order valence-electron chi connectivity index (χ3n) is 3.90. The number of likely N-dealkylation sites (tertiary alicyclic amines) is 1. The Labute approximate surface area is 128 Å². The van der Waals surface area contributed by atoms with E-state index in [0.29, 0.717) is 6.42 Å². The lowest BCUT2D eigenvalue weighted by molar-refractivity contribution is -0.148. The molecule has 1 amide bonds. The SMILES string of the molecule is C[C@@H]1CN(C)CC[C@H]1NC(=O)C(F)(F)c1cccc(Cl)c1. The van der Waals surface area contributed by atoms with Gasteiger partial charge in [-0.1, -0.05) is 30.7 Å². The molecule has 0 spiro atoms. The van der Waals surface area contributed by atoms with Crippen molar-refractivity contribution in [3.05, 3.63) is 34.9 Å². The Bertz CT molecular complexity index is 524. The molecule has 1 aromatic carbocycles. The summed E-state index contributed by atoms with van der Waals surface area (Å²) >= 11 is 5.72. The summed E-state index contributed by atoms with van der Waals surface area (Å²) in [5.41, 5.74) is -0.381. The smallest absolute Gasteiger partial charge is 0.347 e. The van der Waals surface area contributed by atoms with Crippen LogP contribution in [0.5, 0.6) is 0 Å². The van der Waals surface area contributed by atoms with Crippen molar-refractivity contribution < 1.29 is 13.6 Å². The van der Waals surface area contributed by atoms with Crippen molar-refractivity contribution in [2.24, 2.45) is 5.92 Å². The van der Waals surface area contributed by atoms with Crippen molar-refractivity contribution in [3.63, 3.8) is 0 Å². The van der Waals surface area contributed by atoms with Crippen molar-refractivity contribution >= 4 is 17.5 Å². The molecule has 2 rings (SSSR count). The first-order chi connectivity index (χ1) is 9.80. The highest BCUT2D eigenvalue weighted by Gasteiger charge is 2.42. The van der Waals surface area contributed by atoms with Crippen molar-refractivity contribution in [2.75, 3.05) is 20.1 Å². The maximum absolute atomic E-state index is 14.2. The number of rotatable bonds is 3. The normalized spacial score (nSPS) is 23.9. The van der Waals surface area contributed by atoms with E-state index >= 15 is 0 Å². The second-order valence-corrected chi connectivity index (χ2v) is 6.13. The number of alkyl halides is 2. The first-order valence-electron chi connectivity index (χ1n) is 6.94. The van der Waals surface area contributed by atoms with E-state index in [0.717, 1.165) is 19.2 Å². The number of piperidine rings is 1. The Hall–Kier alpha value is -1.20. The highest BCUT2D eigenvalue weighted by Crippen LogP contribution is 2.30. The number of hydrogen-bond donors (Lipinski definition) is 1. The number of carbonyl (C=O) groups excluding carboxylic acids is 1. The second kappa shape index (κ2) is 6.28. The van der Waals surface area contributed by atoms with Gasteiger partial charge in [0.2, 0.25) is 0 Å². The molecule has 0 saturated carbocycles. The predicted octanol–water partition coefficient (Wildman–Crippen LogP) is 2.89. The highest BCUT2D eigenvalue weighted by molar-refractivity contribution is 6.30. The minimum atomic E-state index is -3.58. The fourth-order valence-corrected chi connectivity index (χ4v) is 2.83. The molecule has 3 nitrogen and oxygen atoms in total. The van der Waals surface area contributed by atoms with Crippen molar-refractivity contribution in [1.29, 1.82) is 0 Å². The fraction of sp³-hybridized carbons (Fsp3) is 0.533. The number of halogens is 3. The lowest BCUT2D eigenvalue weighted by atomic mass is 9.93. The monoisotopic (exact) mass is 316 g/mol. The molecule has 0 aliphatic carbocycles. The number of amides is 1. The molecular formula is C15H19ClF2N2O. The largest absolute Gasteiger partial charge is 0.349 e. The summed E-state index contributed by atoms with van der Waals surface area (Å²) in [4.78, 5) is 14.1. The van der Waals surface area contributed by atoms with Gasteiger partial charge in [0.25, 0.3) is 5.91 Å². The molecule has 1 aliphatic rings. The molecule has 1 heterocycles. The summed E-state index contributed by atoms with van der Waals surface area (Å²) in [7, 11) is 1.98. The molecule has 0 unspecified atom stereocenters. The van der Waals surface area contributed by atoms with E-state index in [1.54, 1.807) is 0 Å². The third-order valence-corrected chi connectivity index (χ3v) is 4.13. The topological polar surface area (TPSA) is 32.3 Å². The first-order valence-corrected chi connectivity index (χ1v) is 7.32. The second-order valence-electron chi connectivity index (χ2n) is 5.69. The minimum absolute atomic E-state index is 0.142. The number of benzene rings is 1. The molecule has 21 heavy (non-hydrogen) atoms. The van der Waals surface area contributed by atoms with E-state index in [4.69, 9.17) is 11.6 Å². The Morgan fingerprint density at radius 1 is 1.48 bits per heavy atom. The molecule has 1 saturated heterocycles. The van der Waals surface area contributed by atoms with Crippen molar-refractivity contribution in [1.82, 2.24) is 10.2 Å². The van der Waals surface area contributed by atoms with Crippen LogP contribution in [0.1, 0.15) is 18.9 Å². The van der Waals surface area contributed by atoms with Gasteiger partial charge in [-0.3, -0.25) is 4.79 Å². The number of nitrogens with one attached hydrogen (secondary N) is 1. The van der Waals surface area contributed by atoms with Crippen molar-refractivity contribution in [3.8, 4) is 0 Å². The van der Waals surface area contributed by atoms with Crippen LogP contribution in [0.2, 0.25) is 5.02 Å². The minimum Gasteiger partial charge on any atom is -0.347 e. The molecule has 0 aromatic heterocycles. The van der Waals surface area contributed by atoms with Crippen LogP contribution in [-0.2, 0) is 10.7 Å². The van der Waals surface area contributed by atoms with Crippen LogP contribution in [0.15, 0.2) is 24.3 Å². The Morgan fingerprint density at radius 3 is 2.81 bits per heavy atom. The van der Waals surface area contributed by atoms with Crippen LogP contribution in [-0.4, -0.2) is 37.0 Å². The van der Waals surface area contributed by atoms with Gasteiger partial charge in [-0.25, -0.2) is 0 Å². The molecule has 0 radical (unpaired) electrons. The molecular weight excluding hydrogens is 298 g/mol. The number of hydrogen-bond acceptors (Lipinski definition) is 2. The number of nitrogens with zero attached hydrogens (tertiary/aromatic N) is 1. The van der Waals surface area contributed by atoms with Gasteiger partial charge in [-0.2, -0.15) is 8.78 Å². The van der Waals surface area contributed by atoms with E-state index in [9.17, 15) is 13.6 Å². The Balaban J connectivity index is 2.08. The maximum atomic E-state index is 14.2. The molecule has 6 heteroatoms. The molecule has 1 aliphatic heterocycles. The van der Waals surface area contributed by atoms with Crippen LogP contribution < -0.4 is 5.32 Å². The van der Waals surface area contributed by atoms with Crippen LogP contribution in [0.4, 0.5) is 8.78 Å². The summed E-state index contributed by atoms with van der Waals surface area (Å²) in [5, 5.41) is 2.68. The van der Waals surface area contributed by atoms with Gasteiger partial charge in [0.05, 0.1) is 0 Å². The lowest BCUT2D eigenvalue weighted by Crippen LogP contribution is -2.52. The molecule has 0 bridgehead atoms. The van der Waals surface area contributed by atoms with E-state index < -0.39 is 11.8 Å². The van der Waals surface area contributed by atoms with Crippen LogP contribution in [0, 0.1) is 5.92 Å². The summed E-state index contributed by atoms with van der Waals surface area (Å²) in [6.07, 6.45) is 0.676. The lowest BCUT2D eigenvalue weighted by Gasteiger charge is -2.35. The average Bonchev–Trinajstić information content (AvgIpc) is 2.41. The summed E-state index contributed by atoms with van der Waals surface area (Å²) in [6, 6.07) is 5.02. The highest BCUT2D eigenvalue weighted by atomic mass is 35.5. The summed E-state index contributed by atoms with van der Waals surface area (Å²) < 4.78 is 28.4. The van der Waals surface area contributed by atoms with Gasteiger partial charge in [0.1, 0.15) is 0 Å².